The van der Waals surface area contributed by atoms with Gasteiger partial charge in [-0.15, -0.1) is 10.1 Å². The molecule has 0 fully saturated rings. The average molecular weight is 319 g/mol. The van der Waals surface area contributed by atoms with Gasteiger partial charge in [0.1, 0.15) is 0 Å². The summed E-state index contributed by atoms with van der Waals surface area (Å²) in [6.45, 7) is 2.89. The molecule has 0 bridgehead atoms. The fourth-order valence-corrected chi connectivity index (χ4v) is 3.36. The van der Waals surface area contributed by atoms with E-state index in [2.05, 4.69) is 53.4 Å². The third kappa shape index (κ3) is 3.90. The van der Waals surface area contributed by atoms with Crippen LogP contribution in [-0.2, 0) is 0 Å². The van der Waals surface area contributed by atoms with Crippen LogP contribution >= 0.6 is 11.8 Å². The molecule has 2 aromatic rings. The van der Waals surface area contributed by atoms with E-state index in [1.54, 1.807) is 0 Å². The fraction of sp³-hybridized carbons (Fsp3) is 0.200. The Morgan fingerprint density at radius 1 is 1.18 bits per heavy atom. The van der Waals surface area contributed by atoms with Crippen LogP contribution in [0.1, 0.15) is 6.92 Å². The minimum atomic E-state index is -1.50. The van der Waals surface area contributed by atoms with Crippen molar-refractivity contribution in [3.8, 4) is 0 Å². The lowest BCUT2D eigenvalue weighted by molar-refractivity contribution is -0.742. The van der Waals surface area contributed by atoms with Gasteiger partial charge in [-0.2, -0.15) is 0 Å². The summed E-state index contributed by atoms with van der Waals surface area (Å²) in [5.41, 5.74) is 8.51. The Hall–Kier alpha value is -2.25. The minimum absolute atomic E-state index is 0.147. The molecule has 1 unspecified atom stereocenters. The van der Waals surface area contributed by atoms with E-state index >= 15 is 0 Å². The van der Waals surface area contributed by atoms with E-state index in [-0.39, 0.29) is 6.04 Å². The molecular formula is C15H17N3O3S. The van der Waals surface area contributed by atoms with Gasteiger partial charge in [0.15, 0.2) is 0 Å². The van der Waals surface area contributed by atoms with Crippen LogP contribution in [-0.4, -0.2) is 22.9 Å². The van der Waals surface area contributed by atoms with Crippen LogP contribution in [0.3, 0.4) is 0 Å². The van der Waals surface area contributed by atoms with Crippen molar-refractivity contribution in [2.45, 2.75) is 22.8 Å². The number of anilines is 2. The van der Waals surface area contributed by atoms with Crippen LogP contribution in [0.2, 0.25) is 0 Å². The summed E-state index contributed by atoms with van der Waals surface area (Å²) in [4.78, 5) is 13.3. The number of rotatable bonds is 2. The molecule has 0 saturated carbocycles. The van der Waals surface area contributed by atoms with Crippen molar-refractivity contribution >= 4 is 23.1 Å². The fourth-order valence-electron chi connectivity index (χ4n) is 2.27. The van der Waals surface area contributed by atoms with E-state index in [1.165, 1.54) is 21.2 Å². The topological polar surface area (TPSA) is 92.6 Å². The quantitative estimate of drug-likeness (QED) is 0.652. The van der Waals surface area contributed by atoms with Gasteiger partial charge in [-0.25, -0.2) is 0 Å². The summed E-state index contributed by atoms with van der Waals surface area (Å²) < 4.78 is 0. The smallest absolute Gasteiger partial charge is 0.291 e. The second-order valence-corrected chi connectivity index (χ2v) is 5.95. The van der Waals surface area contributed by atoms with Crippen molar-refractivity contribution in [2.24, 2.45) is 5.73 Å². The third-order valence-corrected chi connectivity index (χ3v) is 4.13. The molecule has 0 saturated heterocycles. The highest BCUT2D eigenvalue weighted by molar-refractivity contribution is 7.99. The Balaban J connectivity index is 0.000000396. The summed E-state index contributed by atoms with van der Waals surface area (Å²) >= 11 is 1.83. The van der Waals surface area contributed by atoms with E-state index in [0.717, 1.165) is 6.54 Å². The van der Waals surface area contributed by atoms with Crippen molar-refractivity contribution in [2.75, 3.05) is 11.4 Å². The van der Waals surface area contributed by atoms with Gasteiger partial charge in [-0.05, 0) is 31.2 Å². The molecule has 0 aliphatic carbocycles. The molecule has 3 N–H and O–H groups in total. The molecule has 1 aliphatic rings. The van der Waals surface area contributed by atoms with Crippen LogP contribution in [0.25, 0.3) is 0 Å². The molecule has 0 aromatic heterocycles. The normalized spacial score (nSPS) is 13.3. The maximum atomic E-state index is 8.36. The number of hydrogen-bond acceptors (Lipinski definition) is 5. The zero-order valence-corrected chi connectivity index (χ0v) is 12.9. The number of nitrogens with two attached hydrogens (primary N) is 1. The molecule has 7 heteroatoms. The molecule has 3 rings (SSSR count). The lowest BCUT2D eigenvalue weighted by atomic mass is 10.2. The Morgan fingerprint density at radius 3 is 2.00 bits per heavy atom. The first-order valence-electron chi connectivity index (χ1n) is 6.71. The first-order valence-corrected chi connectivity index (χ1v) is 7.53. The number of nitrogens with zero attached hydrogens (tertiary/aromatic N) is 2. The van der Waals surface area contributed by atoms with E-state index in [4.69, 9.17) is 21.1 Å². The number of para-hydroxylation sites is 2. The summed E-state index contributed by atoms with van der Waals surface area (Å²) in [6, 6.07) is 17.2. The lowest BCUT2D eigenvalue weighted by Gasteiger charge is -2.33. The minimum Gasteiger partial charge on any atom is -0.338 e. The first kappa shape index (κ1) is 16.1. The highest BCUT2D eigenvalue weighted by Crippen LogP contribution is 2.47. The average Bonchev–Trinajstić information content (AvgIpc) is 2.46. The van der Waals surface area contributed by atoms with Crippen LogP contribution in [0.4, 0.5) is 11.4 Å². The predicted octanol–water partition coefficient (Wildman–Crippen LogP) is 3.29. The summed E-state index contributed by atoms with van der Waals surface area (Å²) in [5, 5.41) is 13.6. The van der Waals surface area contributed by atoms with E-state index in [9.17, 15) is 0 Å². The van der Waals surface area contributed by atoms with Gasteiger partial charge in [-0.1, -0.05) is 36.0 Å². The SMILES string of the molecule is CC(N)CN1c2ccccc2Sc2ccccc21.O=[N+]([O-])O. The molecule has 6 nitrogen and oxygen atoms in total. The van der Waals surface area contributed by atoms with Gasteiger partial charge < -0.3 is 15.8 Å². The Kier molecular flexibility index (Phi) is 5.24. The standard InChI is InChI=1S/C15H16N2S.HNO3/c1-11(16)10-17-12-6-2-4-8-14(12)18-15-9-5-3-7-13(15)17;2-1(3)4/h2-9,11H,10,16H2,1H3;(H,2,3,4). The van der Waals surface area contributed by atoms with Gasteiger partial charge in [-0.3, -0.25) is 0 Å². The Bertz CT molecular complexity index is 614. The maximum Gasteiger partial charge on any atom is 0.291 e. The van der Waals surface area contributed by atoms with Crippen molar-refractivity contribution in [1.82, 2.24) is 0 Å². The van der Waals surface area contributed by atoms with Gasteiger partial charge in [0.2, 0.25) is 0 Å². The van der Waals surface area contributed by atoms with Crippen LogP contribution in [0, 0.1) is 10.1 Å². The molecule has 1 atom stereocenters. The Morgan fingerprint density at radius 2 is 1.59 bits per heavy atom. The first-order chi connectivity index (χ1) is 10.5. The maximum absolute atomic E-state index is 8.36. The summed E-state index contributed by atoms with van der Waals surface area (Å²) in [6.07, 6.45) is 0. The second-order valence-electron chi connectivity index (χ2n) is 4.86. The lowest BCUT2D eigenvalue weighted by Crippen LogP contribution is -2.33. The van der Waals surface area contributed by atoms with Gasteiger partial charge in [0, 0.05) is 22.4 Å². The van der Waals surface area contributed by atoms with Crippen molar-refractivity contribution < 1.29 is 10.3 Å². The molecule has 0 amide bonds. The van der Waals surface area contributed by atoms with E-state index < -0.39 is 5.09 Å². The Labute approximate surface area is 132 Å². The number of fused-ring (bicyclic) bond motifs is 2. The van der Waals surface area contributed by atoms with Crippen LogP contribution in [0.5, 0.6) is 0 Å². The molecule has 1 heterocycles. The molecule has 0 radical (unpaired) electrons. The van der Waals surface area contributed by atoms with Crippen LogP contribution in [0.15, 0.2) is 58.3 Å². The third-order valence-electron chi connectivity index (χ3n) is 3.00. The van der Waals surface area contributed by atoms with Gasteiger partial charge >= 0.3 is 0 Å². The monoisotopic (exact) mass is 319 g/mol. The zero-order valence-electron chi connectivity index (χ0n) is 12.0. The molecule has 22 heavy (non-hydrogen) atoms. The van der Waals surface area contributed by atoms with Crippen molar-refractivity contribution in [3.63, 3.8) is 0 Å². The van der Waals surface area contributed by atoms with Gasteiger partial charge in [0.05, 0.1) is 11.4 Å². The van der Waals surface area contributed by atoms with Crippen molar-refractivity contribution in [1.29, 1.82) is 0 Å². The summed E-state index contributed by atoms with van der Waals surface area (Å²) in [5.74, 6) is 0. The molecule has 116 valence electrons. The summed E-state index contributed by atoms with van der Waals surface area (Å²) in [7, 11) is 0. The highest BCUT2D eigenvalue weighted by atomic mass is 32.2. The van der Waals surface area contributed by atoms with Crippen LogP contribution < -0.4 is 10.6 Å². The molecule has 0 spiro atoms. The predicted molar refractivity (Wildman–Crippen MR) is 86.4 cm³/mol. The van der Waals surface area contributed by atoms with Crippen molar-refractivity contribution in [3.05, 3.63) is 58.6 Å². The van der Waals surface area contributed by atoms with Gasteiger partial charge in [0.25, 0.3) is 5.09 Å². The second kappa shape index (κ2) is 7.15. The largest absolute Gasteiger partial charge is 0.338 e. The number of benzene rings is 2. The zero-order chi connectivity index (χ0) is 16.1. The molecule has 2 aromatic carbocycles. The van der Waals surface area contributed by atoms with E-state index in [1.807, 2.05) is 18.7 Å². The number of hydrogen-bond donors (Lipinski definition) is 2. The molecular weight excluding hydrogens is 302 g/mol. The molecule has 1 aliphatic heterocycles. The highest BCUT2D eigenvalue weighted by Gasteiger charge is 2.22. The van der Waals surface area contributed by atoms with E-state index in [0.29, 0.717) is 0 Å².